The van der Waals surface area contributed by atoms with E-state index in [9.17, 15) is 9.18 Å². The summed E-state index contributed by atoms with van der Waals surface area (Å²) in [6, 6.07) is 7.54. The van der Waals surface area contributed by atoms with Gasteiger partial charge in [-0.3, -0.25) is 9.18 Å². The van der Waals surface area contributed by atoms with E-state index in [0.29, 0.717) is 17.6 Å². The Kier molecular flexibility index (Phi) is 17.6. The zero-order chi connectivity index (χ0) is 18.8. The fourth-order valence-electron chi connectivity index (χ4n) is 2.00. The molecule has 1 aromatic carbocycles. The van der Waals surface area contributed by atoms with Crippen molar-refractivity contribution >= 4 is 5.78 Å². The lowest BCUT2D eigenvalue weighted by atomic mass is 9.95. The minimum atomic E-state index is -0.307. The third kappa shape index (κ3) is 9.24. The summed E-state index contributed by atoms with van der Waals surface area (Å²) < 4.78 is 12.2. The Bertz CT molecular complexity index is 512. The standard InChI is InChI=1S/C18H21FO.2C2H6/c1-3-5-10-15(4-2)18(20)17-13-7-6-11-16(17)12-8-9-14-19;2*1-2/h3-7,10-11,13H,1,8-9,12,14H2,2H3;2*1-2H3/b10-5-,15-4+;;. The Morgan fingerprint density at radius 3 is 2.29 bits per heavy atom. The number of rotatable bonds is 8. The molecule has 0 N–H and O–H groups in total. The van der Waals surface area contributed by atoms with Crippen LogP contribution in [-0.2, 0) is 6.42 Å². The highest BCUT2D eigenvalue weighted by molar-refractivity contribution is 6.11. The van der Waals surface area contributed by atoms with Gasteiger partial charge in [-0.2, -0.15) is 0 Å². The summed E-state index contributed by atoms with van der Waals surface area (Å²) in [4.78, 5) is 12.5. The Hall–Kier alpha value is -1.96. The molecule has 0 spiro atoms. The van der Waals surface area contributed by atoms with Crippen LogP contribution < -0.4 is 0 Å². The summed E-state index contributed by atoms with van der Waals surface area (Å²) in [6.07, 6.45) is 8.97. The maximum atomic E-state index is 12.5. The maximum Gasteiger partial charge on any atom is 0.192 e. The third-order valence-electron chi connectivity index (χ3n) is 3.08. The van der Waals surface area contributed by atoms with Crippen molar-refractivity contribution in [2.24, 2.45) is 0 Å². The molecule has 0 aliphatic heterocycles. The number of alkyl halides is 1. The van der Waals surface area contributed by atoms with Crippen LogP contribution in [0.1, 0.15) is 63.4 Å². The predicted molar refractivity (Wildman–Crippen MR) is 105 cm³/mol. The molecule has 1 nitrogen and oxygen atoms in total. The van der Waals surface area contributed by atoms with Gasteiger partial charge in [0.2, 0.25) is 0 Å². The fraction of sp³-hybridized carbons (Fsp3) is 0.409. The van der Waals surface area contributed by atoms with Gasteiger partial charge in [-0.25, -0.2) is 0 Å². The van der Waals surface area contributed by atoms with Crippen molar-refractivity contribution in [3.63, 3.8) is 0 Å². The van der Waals surface area contributed by atoms with Gasteiger partial charge in [0.05, 0.1) is 6.67 Å². The van der Waals surface area contributed by atoms with Crippen molar-refractivity contribution < 1.29 is 9.18 Å². The molecule has 134 valence electrons. The van der Waals surface area contributed by atoms with Gasteiger partial charge >= 0.3 is 0 Å². The lowest BCUT2D eigenvalue weighted by Crippen LogP contribution is -2.06. The van der Waals surface area contributed by atoms with Gasteiger partial charge in [0.15, 0.2) is 5.78 Å². The lowest BCUT2D eigenvalue weighted by molar-refractivity contribution is 0.103. The van der Waals surface area contributed by atoms with E-state index in [-0.39, 0.29) is 12.5 Å². The first kappa shape index (κ1) is 24.3. The molecule has 1 aromatic rings. The number of hydrogen-bond acceptors (Lipinski definition) is 1. The van der Waals surface area contributed by atoms with E-state index in [2.05, 4.69) is 6.58 Å². The quantitative estimate of drug-likeness (QED) is 0.219. The molecule has 24 heavy (non-hydrogen) atoms. The number of aryl methyl sites for hydroxylation is 1. The van der Waals surface area contributed by atoms with E-state index >= 15 is 0 Å². The molecule has 0 fully saturated rings. The van der Waals surface area contributed by atoms with Crippen LogP contribution in [0, 0.1) is 0 Å². The first-order valence-corrected chi connectivity index (χ1v) is 8.88. The van der Waals surface area contributed by atoms with Crippen molar-refractivity contribution in [3.8, 4) is 0 Å². The molecule has 0 radical (unpaired) electrons. The molecule has 0 saturated heterocycles. The maximum absolute atomic E-state index is 12.5. The number of Topliss-reactive ketones (excluding diaryl/α,β-unsaturated/α-hetero) is 1. The average molecular weight is 333 g/mol. The SMILES string of the molecule is C=C/C=C\C(=C/C)C(=O)c1ccccc1CCCCF.CC.CC. The second-order valence-electron chi connectivity index (χ2n) is 4.47. The molecule has 0 aromatic heterocycles. The first-order chi connectivity index (χ1) is 11.7. The number of unbranched alkanes of at least 4 members (excludes halogenated alkanes) is 1. The highest BCUT2D eigenvalue weighted by Gasteiger charge is 2.13. The van der Waals surface area contributed by atoms with Crippen LogP contribution in [0.5, 0.6) is 0 Å². The Morgan fingerprint density at radius 2 is 1.75 bits per heavy atom. The van der Waals surface area contributed by atoms with Crippen LogP contribution in [0.25, 0.3) is 0 Å². The van der Waals surface area contributed by atoms with Crippen LogP contribution in [-0.4, -0.2) is 12.5 Å². The van der Waals surface area contributed by atoms with E-state index in [1.165, 1.54) is 0 Å². The molecular formula is C22H33FO. The van der Waals surface area contributed by atoms with E-state index in [4.69, 9.17) is 0 Å². The molecule has 0 amide bonds. The van der Waals surface area contributed by atoms with Crippen molar-refractivity contribution in [1.29, 1.82) is 0 Å². The second-order valence-corrected chi connectivity index (χ2v) is 4.47. The monoisotopic (exact) mass is 332 g/mol. The van der Waals surface area contributed by atoms with Crippen LogP contribution in [0.4, 0.5) is 4.39 Å². The van der Waals surface area contributed by atoms with Crippen LogP contribution >= 0.6 is 0 Å². The van der Waals surface area contributed by atoms with Crippen molar-refractivity contribution in [1.82, 2.24) is 0 Å². The zero-order valence-electron chi connectivity index (χ0n) is 15.9. The molecule has 0 aliphatic carbocycles. The second kappa shape index (κ2) is 17.4. The largest absolute Gasteiger partial charge is 0.289 e. The van der Waals surface area contributed by atoms with Crippen LogP contribution in [0.2, 0.25) is 0 Å². The molecular weight excluding hydrogens is 299 g/mol. The highest BCUT2D eigenvalue weighted by atomic mass is 19.1. The highest BCUT2D eigenvalue weighted by Crippen LogP contribution is 2.17. The minimum Gasteiger partial charge on any atom is -0.289 e. The van der Waals surface area contributed by atoms with Crippen LogP contribution in [0.15, 0.2) is 60.7 Å². The lowest BCUT2D eigenvalue weighted by Gasteiger charge is -2.08. The molecule has 0 saturated carbocycles. The fourth-order valence-corrected chi connectivity index (χ4v) is 2.00. The van der Waals surface area contributed by atoms with E-state index in [1.807, 2.05) is 58.9 Å². The van der Waals surface area contributed by atoms with Gasteiger partial charge in [0.1, 0.15) is 0 Å². The van der Waals surface area contributed by atoms with Gasteiger partial charge in [-0.15, -0.1) is 0 Å². The van der Waals surface area contributed by atoms with Gasteiger partial charge in [0.25, 0.3) is 0 Å². The van der Waals surface area contributed by atoms with E-state index in [1.54, 1.807) is 24.3 Å². The number of ketones is 1. The minimum absolute atomic E-state index is 0.00134. The molecule has 0 bridgehead atoms. The molecule has 1 rings (SSSR count). The Balaban J connectivity index is 0. The number of carbonyl (C=O) groups excluding carboxylic acids is 1. The topological polar surface area (TPSA) is 17.1 Å². The Labute approximate surface area is 148 Å². The number of allylic oxidation sites excluding steroid dienone is 5. The van der Waals surface area contributed by atoms with Crippen molar-refractivity contribution in [2.45, 2.75) is 53.9 Å². The van der Waals surface area contributed by atoms with Gasteiger partial charge in [0, 0.05) is 11.1 Å². The predicted octanol–water partition coefficient (Wildman–Crippen LogP) is 6.90. The summed E-state index contributed by atoms with van der Waals surface area (Å²) in [5.41, 5.74) is 2.33. The number of benzene rings is 1. The number of halogens is 1. The van der Waals surface area contributed by atoms with Gasteiger partial charge in [-0.1, -0.05) is 82.8 Å². The zero-order valence-corrected chi connectivity index (χ0v) is 15.9. The molecule has 0 unspecified atom stereocenters. The van der Waals surface area contributed by atoms with Gasteiger partial charge in [-0.05, 0) is 31.7 Å². The van der Waals surface area contributed by atoms with Crippen molar-refractivity contribution in [2.75, 3.05) is 6.67 Å². The molecule has 0 atom stereocenters. The Morgan fingerprint density at radius 1 is 1.12 bits per heavy atom. The summed E-state index contributed by atoms with van der Waals surface area (Å²) in [7, 11) is 0. The molecule has 0 heterocycles. The summed E-state index contributed by atoms with van der Waals surface area (Å²) in [5, 5.41) is 0. The first-order valence-electron chi connectivity index (χ1n) is 8.88. The number of hydrogen-bond donors (Lipinski definition) is 0. The summed E-state index contributed by atoms with van der Waals surface area (Å²) >= 11 is 0. The van der Waals surface area contributed by atoms with Crippen LogP contribution in [0.3, 0.4) is 0 Å². The number of carbonyl (C=O) groups is 1. The normalized spacial score (nSPS) is 10.3. The third-order valence-corrected chi connectivity index (χ3v) is 3.08. The smallest absolute Gasteiger partial charge is 0.192 e. The molecule has 0 aliphatic rings. The van der Waals surface area contributed by atoms with Gasteiger partial charge < -0.3 is 0 Å². The average Bonchev–Trinajstić information content (AvgIpc) is 2.66. The van der Waals surface area contributed by atoms with E-state index < -0.39 is 0 Å². The van der Waals surface area contributed by atoms with Crippen molar-refractivity contribution in [3.05, 3.63) is 71.8 Å². The van der Waals surface area contributed by atoms with E-state index in [0.717, 1.165) is 18.4 Å². The summed E-state index contributed by atoms with van der Waals surface area (Å²) in [6.45, 7) is 13.1. The summed E-state index contributed by atoms with van der Waals surface area (Å²) in [5.74, 6) is 0.00134. The molecule has 2 heteroatoms.